The predicted octanol–water partition coefficient (Wildman–Crippen LogP) is 3.45. The Balaban J connectivity index is 2.55. The van der Waals surface area contributed by atoms with Gasteiger partial charge in [-0.05, 0) is 6.07 Å². The van der Waals surface area contributed by atoms with Gasteiger partial charge in [0.1, 0.15) is 5.65 Å². The third-order valence-electron chi connectivity index (χ3n) is 2.42. The third kappa shape index (κ3) is 1.83. The lowest BCUT2D eigenvalue weighted by Gasteiger charge is -2.16. The molecule has 4 heteroatoms. The topological polar surface area (TPSA) is 45.8 Å². The van der Waals surface area contributed by atoms with E-state index in [2.05, 4.69) is 9.97 Å². The van der Waals surface area contributed by atoms with Crippen molar-refractivity contribution in [1.29, 1.82) is 0 Å². The largest absolute Gasteiger partial charge is 0.345 e. The van der Waals surface area contributed by atoms with E-state index >= 15 is 0 Å². The molecule has 0 atom stereocenters. The maximum atomic E-state index is 12.0. The van der Waals surface area contributed by atoms with Crippen LogP contribution in [0.4, 0.5) is 0 Å². The molecule has 0 unspecified atom stereocenters. The summed E-state index contributed by atoms with van der Waals surface area (Å²) < 4.78 is 0. The van der Waals surface area contributed by atoms with Gasteiger partial charge in [0.2, 0.25) is 0 Å². The highest BCUT2D eigenvalue weighted by Crippen LogP contribution is 2.26. The Morgan fingerprint density at radius 2 is 2.12 bits per heavy atom. The summed E-state index contributed by atoms with van der Waals surface area (Å²) in [7, 11) is 0. The molecule has 0 aromatic carbocycles. The molecule has 0 radical (unpaired) electrons. The van der Waals surface area contributed by atoms with E-state index in [0.717, 1.165) is 5.39 Å². The highest BCUT2D eigenvalue weighted by Gasteiger charge is 2.23. The standard InChI is InChI=1S/C12H13ClN2O/c1-12(2,3)10(16)7-4-8-9(13)6-15-11(8)14-5-7/h4-6H,1-3H3,(H,14,15). The summed E-state index contributed by atoms with van der Waals surface area (Å²) in [6, 6.07) is 1.79. The van der Waals surface area contributed by atoms with E-state index in [0.29, 0.717) is 16.2 Å². The third-order valence-corrected chi connectivity index (χ3v) is 2.74. The van der Waals surface area contributed by atoms with Gasteiger partial charge in [-0.15, -0.1) is 0 Å². The maximum Gasteiger partial charge on any atom is 0.169 e. The van der Waals surface area contributed by atoms with Crippen molar-refractivity contribution in [3.63, 3.8) is 0 Å². The summed E-state index contributed by atoms with van der Waals surface area (Å²) in [6.45, 7) is 5.66. The minimum Gasteiger partial charge on any atom is -0.345 e. The summed E-state index contributed by atoms with van der Waals surface area (Å²) in [6.07, 6.45) is 3.26. The fraction of sp³-hybridized carbons (Fsp3) is 0.333. The Labute approximate surface area is 98.8 Å². The highest BCUT2D eigenvalue weighted by atomic mass is 35.5. The van der Waals surface area contributed by atoms with Crippen LogP contribution in [0, 0.1) is 5.41 Å². The molecule has 1 N–H and O–H groups in total. The summed E-state index contributed by atoms with van der Waals surface area (Å²) in [5, 5.41) is 1.38. The van der Waals surface area contributed by atoms with E-state index in [1.165, 1.54) is 0 Å². The molecule has 2 heterocycles. The van der Waals surface area contributed by atoms with Gasteiger partial charge in [-0.1, -0.05) is 32.4 Å². The van der Waals surface area contributed by atoms with Crippen LogP contribution in [0.1, 0.15) is 31.1 Å². The number of carbonyl (C=O) groups is 1. The van der Waals surface area contributed by atoms with E-state index in [9.17, 15) is 4.79 Å². The average molecular weight is 237 g/mol. The van der Waals surface area contributed by atoms with Gasteiger partial charge >= 0.3 is 0 Å². The number of aromatic nitrogens is 2. The quantitative estimate of drug-likeness (QED) is 0.771. The summed E-state index contributed by atoms with van der Waals surface area (Å²) in [5.41, 5.74) is 0.898. The number of hydrogen-bond acceptors (Lipinski definition) is 2. The lowest BCUT2D eigenvalue weighted by Crippen LogP contribution is -2.20. The number of halogens is 1. The van der Waals surface area contributed by atoms with E-state index in [-0.39, 0.29) is 5.78 Å². The molecule has 0 aliphatic heterocycles. The molecule has 0 spiro atoms. The van der Waals surface area contributed by atoms with Crippen LogP contribution in [-0.4, -0.2) is 15.8 Å². The molecular formula is C12H13ClN2O. The van der Waals surface area contributed by atoms with E-state index in [1.807, 2.05) is 20.8 Å². The van der Waals surface area contributed by atoms with Gasteiger partial charge in [-0.3, -0.25) is 4.79 Å². The van der Waals surface area contributed by atoms with Crippen LogP contribution in [-0.2, 0) is 0 Å². The van der Waals surface area contributed by atoms with Gasteiger partial charge in [0.25, 0.3) is 0 Å². The van der Waals surface area contributed by atoms with Crippen LogP contribution in [0.5, 0.6) is 0 Å². The smallest absolute Gasteiger partial charge is 0.169 e. The molecule has 0 amide bonds. The van der Waals surface area contributed by atoms with Crippen LogP contribution < -0.4 is 0 Å². The number of fused-ring (bicyclic) bond motifs is 1. The molecule has 0 fully saturated rings. The molecule has 2 rings (SSSR count). The lowest BCUT2D eigenvalue weighted by atomic mass is 9.87. The zero-order valence-corrected chi connectivity index (χ0v) is 10.2. The Morgan fingerprint density at radius 3 is 2.75 bits per heavy atom. The van der Waals surface area contributed by atoms with Gasteiger partial charge in [-0.2, -0.15) is 0 Å². The number of ketones is 1. The average Bonchev–Trinajstić information content (AvgIpc) is 2.58. The lowest BCUT2D eigenvalue weighted by molar-refractivity contribution is 0.0858. The van der Waals surface area contributed by atoms with Crippen LogP contribution in [0.15, 0.2) is 18.5 Å². The van der Waals surface area contributed by atoms with Crippen molar-refractivity contribution in [2.75, 3.05) is 0 Å². The number of carbonyl (C=O) groups excluding carboxylic acids is 1. The fourth-order valence-corrected chi connectivity index (χ4v) is 1.73. The van der Waals surface area contributed by atoms with Crippen molar-refractivity contribution in [1.82, 2.24) is 9.97 Å². The Kier molecular flexibility index (Phi) is 2.50. The second kappa shape index (κ2) is 3.59. The first-order valence-corrected chi connectivity index (χ1v) is 5.45. The molecular weight excluding hydrogens is 224 g/mol. The number of rotatable bonds is 1. The number of aromatic amines is 1. The van der Waals surface area contributed by atoms with Crippen LogP contribution in [0.2, 0.25) is 5.02 Å². The van der Waals surface area contributed by atoms with Crippen molar-refractivity contribution >= 4 is 28.4 Å². The molecule has 0 bridgehead atoms. The zero-order chi connectivity index (χ0) is 11.9. The normalized spacial score (nSPS) is 12.0. The molecule has 0 aliphatic rings. The minimum absolute atomic E-state index is 0.0687. The Hall–Kier alpha value is -1.35. The van der Waals surface area contributed by atoms with Crippen LogP contribution in [0.3, 0.4) is 0 Å². The molecule has 16 heavy (non-hydrogen) atoms. The van der Waals surface area contributed by atoms with Gasteiger partial charge < -0.3 is 4.98 Å². The number of Topliss-reactive ketones (excluding diaryl/α,β-unsaturated/α-hetero) is 1. The van der Waals surface area contributed by atoms with Crippen molar-refractivity contribution in [2.24, 2.45) is 5.41 Å². The Morgan fingerprint density at radius 1 is 1.44 bits per heavy atom. The minimum atomic E-state index is -0.405. The van der Waals surface area contributed by atoms with E-state index < -0.39 is 5.41 Å². The molecule has 0 saturated carbocycles. The summed E-state index contributed by atoms with van der Waals surface area (Å²) in [5.74, 6) is 0.0687. The first-order chi connectivity index (χ1) is 7.39. The molecule has 0 aliphatic carbocycles. The van der Waals surface area contributed by atoms with Crippen LogP contribution >= 0.6 is 11.6 Å². The monoisotopic (exact) mass is 236 g/mol. The van der Waals surface area contributed by atoms with E-state index in [4.69, 9.17) is 11.6 Å². The van der Waals surface area contributed by atoms with Crippen molar-refractivity contribution < 1.29 is 4.79 Å². The second-order valence-corrected chi connectivity index (χ2v) is 5.24. The first-order valence-electron chi connectivity index (χ1n) is 5.07. The summed E-state index contributed by atoms with van der Waals surface area (Å²) >= 11 is 5.98. The molecule has 2 aromatic rings. The summed E-state index contributed by atoms with van der Waals surface area (Å²) in [4.78, 5) is 19.2. The zero-order valence-electron chi connectivity index (χ0n) is 9.47. The van der Waals surface area contributed by atoms with Gasteiger partial charge in [0.05, 0.1) is 5.02 Å². The number of nitrogens with zero attached hydrogens (tertiary/aromatic N) is 1. The maximum absolute atomic E-state index is 12.0. The van der Waals surface area contributed by atoms with Crippen molar-refractivity contribution in [3.05, 3.63) is 29.0 Å². The second-order valence-electron chi connectivity index (χ2n) is 4.84. The SMILES string of the molecule is CC(C)(C)C(=O)c1cnc2[nH]cc(Cl)c2c1. The van der Waals surface area contributed by atoms with Crippen molar-refractivity contribution in [3.8, 4) is 0 Å². The van der Waals surface area contributed by atoms with Crippen LogP contribution in [0.25, 0.3) is 11.0 Å². The Bertz CT molecular complexity index is 552. The molecule has 84 valence electrons. The van der Waals surface area contributed by atoms with E-state index in [1.54, 1.807) is 18.5 Å². The van der Waals surface area contributed by atoms with Crippen molar-refractivity contribution in [2.45, 2.75) is 20.8 Å². The fourth-order valence-electron chi connectivity index (χ4n) is 1.53. The van der Waals surface area contributed by atoms with Gasteiger partial charge in [-0.25, -0.2) is 4.98 Å². The van der Waals surface area contributed by atoms with Gasteiger partial charge in [0, 0.05) is 28.8 Å². The number of hydrogen-bond donors (Lipinski definition) is 1. The highest BCUT2D eigenvalue weighted by molar-refractivity contribution is 6.35. The number of nitrogens with one attached hydrogen (secondary N) is 1. The first kappa shape index (κ1) is 11.1. The van der Waals surface area contributed by atoms with Gasteiger partial charge in [0.15, 0.2) is 5.78 Å². The predicted molar refractivity (Wildman–Crippen MR) is 64.9 cm³/mol. The number of H-pyrrole nitrogens is 1. The number of pyridine rings is 1. The molecule has 2 aromatic heterocycles. The molecule has 3 nitrogen and oxygen atoms in total. The molecule has 0 saturated heterocycles.